The number of nitrogens with one attached hydrogen (secondary N) is 2. The molecule has 0 fully saturated rings. The van der Waals surface area contributed by atoms with Crippen molar-refractivity contribution >= 4 is 29.1 Å². The van der Waals surface area contributed by atoms with Gasteiger partial charge in [-0.05, 0) is 73.9 Å². The molecule has 2 aromatic heterocycles. The van der Waals surface area contributed by atoms with Crippen LogP contribution in [0.2, 0.25) is 5.02 Å². The maximum absolute atomic E-state index is 12.9. The zero-order valence-corrected chi connectivity index (χ0v) is 21.1. The molecule has 186 valence electrons. The molecule has 0 saturated carbocycles. The Morgan fingerprint density at radius 2 is 1.81 bits per heavy atom. The highest BCUT2D eigenvalue weighted by atomic mass is 35.5. The summed E-state index contributed by atoms with van der Waals surface area (Å²) < 4.78 is 12.7. The summed E-state index contributed by atoms with van der Waals surface area (Å²) in [5.41, 5.74) is 3.74. The molecule has 0 aliphatic rings. The van der Waals surface area contributed by atoms with Crippen LogP contribution in [0.5, 0.6) is 5.75 Å². The van der Waals surface area contributed by atoms with Crippen LogP contribution in [0.3, 0.4) is 0 Å². The average Bonchev–Trinajstić information content (AvgIpc) is 3.54. The van der Waals surface area contributed by atoms with Crippen molar-refractivity contribution in [3.8, 4) is 5.75 Å². The normalized spacial score (nSPS) is 10.8. The summed E-state index contributed by atoms with van der Waals surface area (Å²) in [4.78, 5) is 25.6. The third-order valence-electron chi connectivity index (χ3n) is 5.58. The van der Waals surface area contributed by atoms with Gasteiger partial charge in [-0.15, -0.1) is 0 Å². The number of aromatic nitrogens is 2. The summed E-state index contributed by atoms with van der Waals surface area (Å²) in [6.45, 7) is 6.90. The van der Waals surface area contributed by atoms with Crippen molar-refractivity contribution < 1.29 is 18.7 Å². The van der Waals surface area contributed by atoms with Gasteiger partial charge in [0.1, 0.15) is 18.1 Å². The molecular formula is C27H27ClN4O4. The molecule has 4 rings (SSSR count). The summed E-state index contributed by atoms with van der Waals surface area (Å²) in [6, 6.07) is 14.4. The molecule has 0 spiro atoms. The number of hydrogen-bond acceptors (Lipinski definition) is 5. The molecule has 0 aliphatic carbocycles. The summed E-state index contributed by atoms with van der Waals surface area (Å²) in [5.74, 6) is 0.604. The second-order valence-corrected chi connectivity index (χ2v) is 8.70. The molecule has 2 aromatic carbocycles. The van der Waals surface area contributed by atoms with Gasteiger partial charge in [0.2, 0.25) is 0 Å². The van der Waals surface area contributed by atoms with Gasteiger partial charge in [0, 0.05) is 23.3 Å². The van der Waals surface area contributed by atoms with Crippen LogP contribution in [0.4, 0.5) is 5.69 Å². The largest absolute Gasteiger partial charge is 0.489 e. The average molecular weight is 507 g/mol. The lowest BCUT2D eigenvalue weighted by Gasteiger charge is -2.11. The number of amides is 2. The minimum absolute atomic E-state index is 0.135. The molecule has 0 radical (unpaired) electrons. The molecule has 8 nitrogen and oxygen atoms in total. The van der Waals surface area contributed by atoms with E-state index in [1.54, 1.807) is 35.1 Å². The second kappa shape index (κ2) is 11.1. The Hall–Kier alpha value is -4.04. The first-order valence-corrected chi connectivity index (χ1v) is 11.9. The van der Waals surface area contributed by atoms with Gasteiger partial charge in [-0.3, -0.25) is 14.3 Å². The lowest BCUT2D eigenvalue weighted by molar-refractivity contribution is 0.0943. The number of anilines is 1. The number of ether oxygens (including phenoxy) is 1. The molecule has 2 heterocycles. The Labute approximate surface area is 214 Å². The van der Waals surface area contributed by atoms with Crippen molar-refractivity contribution in [1.82, 2.24) is 15.1 Å². The Kier molecular flexibility index (Phi) is 7.75. The molecular weight excluding hydrogens is 480 g/mol. The fraction of sp³-hybridized carbons (Fsp3) is 0.222. The first-order valence-electron chi connectivity index (χ1n) is 11.5. The topological polar surface area (TPSA) is 98.4 Å². The number of hydrogen-bond donors (Lipinski definition) is 2. The summed E-state index contributed by atoms with van der Waals surface area (Å²) in [6.07, 6.45) is 3.17. The number of carbonyl (C=O) groups is 2. The first kappa shape index (κ1) is 25.1. The highest BCUT2D eigenvalue weighted by Crippen LogP contribution is 2.26. The van der Waals surface area contributed by atoms with E-state index in [1.165, 1.54) is 6.26 Å². The molecule has 9 heteroatoms. The van der Waals surface area contributed by atoms with Gasteiger partial charge in [-0.25, -0.2) is 0 Å². The van der Waals surface area contributed by atoms with E-state index < -0.39 is 5.91 Å². The van der Waals surface area contributed by atoms with E-state index in [2.05, 4.69) is 15.7 Å². The first-order chi connectivity index (χ1) is 17.3. The predicted octanol–water partition coefficient (Wildman–Crippen LogP) is 5.53. The van der Waals surface area contributed by atoms with Crippen molar-refractivity contribution in [2.45, 2.75) is 40.5 Å². The molecule has 4 aromatic rings. The third-order valence-corrected chi connectivity index (χ3v) is 6.18. The van der Waals surface area contributed by atoms with Gasteiger partial charge in [0.05, 0.1) is 18.5 Å². The molecule has 36 heavy (non-hydrogen) atoms. The Morgan fingerprint density at radius 1 is 1.08 bits per heavy atom. The monoisotopic (exact) mass is 506 g/mol. The van der Waals surface area contributed by atoms with Crippen molar-refractivity contribution in [2.24, 2.45) is 0 Å². The zero-order chi connectivity index (χ0) is 25.7. The van der Waals surface area contributed by atoms with Gasteiger partial charge < -0.3 is 19.8 Å². The van der Waals surface area contributed by atoms with E-state index in [0.29, 0.717) is 30.2 Å². The van der Waals surface area contributed by atoms with Crippen LogP contribution in [-0.4, -0.2) is 21.6 Å². The van der Waals surface area contributed by atoms with E-state index >= 15 is 0 Å². The van der Waals surface area contributed by atoms with Gasteiger partial charge in [-0.2, -0.15) is 5.10 Å². The minimum atomic E-state index is -0.408. The lowest BCUT2D eigenvalue weighted by atomic mass is 10.1. The standard InChI is InChI=1S/C27H27ClN4O4/c1-4-32-15-23(25(31-32)27(34)29-14-21-6-5-11-35-21)30-26(33)20-9-7-19(8-10-20)16-36-22-12-17(2)24(28)18(3)13-22/h5-13,15H,4,14,16H2,1-3H3,(H,29,34)(H,30,33). The Balaban J connectivity index is 1.39. The summed E-state index contributed by atoms with van der Waals surface area (Å²) >= 11 is 6.22. The quantitative estimate of drug-likeness (QED) is 0.311. The number of aryl methyl sites for hydroxylation is 3. The molecule has 0 unspecified atom stereocenters. The molecule has 0 atom stereocenters. The summed E-state index contributed by atoms with van der Waals surface area (Å²) in [7, 11) is 0. The van der Waals surface area contributed by atoms with Crippen molar-refractivity contribution in [1.29, 1.82) is 0 Å². The molecule has 0 bridgehead atoms. The molecule has 2 amide bonds. The molecule has 2 N–H and O–H groups in total. The smallest absolute Gasteiger partial charge is 0.274 e. The number of furan rings is 1. The third kappa shape index (κ3) is 5.95. The highest BCUT2D eigenvalue weighted by molar-refractivity contribution is 6.32. The minimum Gasteiger partial charge on any atom is -0.489 e. The van der Waals surface area contributed by atoms with Crippen LogP contribution >= 0.6 is 11.6 Å². The van der Waals surface area contributed by atoms with Gasteiger partial charge in [0.25, 0.3) is 11.8 Å². The summed E-state index contributed by atoms with van der Waals surface area (Å²) in [5, 5.41) is 10.6. The second-order valence-electron chi connectivity index (χ2n) is 8.32. The Bertz CT molecular complexity index is 1340. The maximum atomic E-state index is 12.9. The fourth-order valence-electron chi connectivity index (χ4n) is 3.61. The maximum Gasteiger partial charge on any atom is 0.274 e. The van der Waals surface area contributed by atoms with Crippen LogP contribution in [-0.2, 0) is 19.7 Å². The van der Waals surface area contributed by atoms with E-state index in [1.807, 2.05) is 45.0 Å². The SMILES string of the molecule is CCn1cc(NC(=O)c2ccc(COc3cc(C)c(Cl)c(C)c3)cc2)c(C(=O)NCc2ccco2)n1. The number of carbonyl (C=O) groups excluding carboxylic acids is 2. The number of rotatable bonds is 9. The van der Waals surface area contributed by atoms with Crippen molar-refractivity contribution in [3.05, 3.63) is 99.7 Å². The van der Waals surface area contributed by atoms with E-state index in [4.69, 9.17) is 20.8 Å². The number of nitrogens with zero attached hydrogens (tertiary/aromatic N) is 2. The van der Waals surface area contributed by atoms with E-state index in [0.717, 1.165) is 27.5 Å². The van der Waals surface area contributed by atoms with Crippen LogP contribution in [0, 0.1) is 13.8 Å². The van der Waals surface area contributed by atoms with E-state index in [-0.39, 0.29) is 18.1 Å². The predicted molar refractivity (Wildman–Crippen MR) is 137 cm³/mol. The number of benzene rings is 2. The molecule has 0 aliphatic heterocycles. The van der Waals surface area contributed by atoms with Crippen molar-refractivity contribution in [2.75, 3.05) is 5.32 Å². The number of halogens is 1. The van der Waals surface area contributed by atoms with Crippen molar-refractivity contribution in [3.63, 3.8) is 0 Å². The zero-order valence-electron chi connectivity index (χ0n) is 20.3. The lowest BCUT2D eigenvalue weighted by Crippen LogP contribution is -2.25. The van der Waals surface area contributed by atoms with Crippen LogP contribution in [0.15, 0.2) is 65.4 Å². The van der Waals surface area contributed by atoms with Gasteiger partial charge in [0.15, 0.2) is 5.69 Å². The van der Waals surface area contributed by atoms with Gasteiger partial charge >= 0.3 is 0 Å². The van der Waals surface area contributed by atoms with Crippen LogP contribution in [0.25, 0.3) is 0 Å². The molecule has 0 saturated heterocycles. The Morgan fingerprint density at radius 3 is 2.44 bits per heavy atom. The van der Waals surface area contributed by atoms with Crippen LogP contribution in [0.1, 0.15) is 50.2 Å². The van der Waals surface area contributed by atoms with Crippen LogP contribution < -0.4 is 15.4 Å². The highest BCUT2D eigenvalue weighted by Gasteiger charge is 2.19. The van der Waals surface area contributed by atoms with E-state index in [9.17, 15) is 9.59 Å². The fourth-order valence-corrected chi connectivity index (χ4v) is 3.72. The van der Waals surface area contributed by atoms with Gasteiger partial charge in [-0.1, -0.05) is 23.7 Å².